The summed E-state index contributed by atoms with van der Waals surface area (Å²) in [5, 5.41) is 2.28. The Balaban J connectivity index is 2.17. The van der Waals surface area contributed by atoms with Crippen molar-refractivity contribution >= 4 is 27.7 Å². The molecular weight excluding hydrogens is 260 g/mol. The molecule has 0 unspecified atom stereocenters. The number of benzene rings is 2. The predicted octanol–water partition coefficient (Wildman–Crippen LogP) is 3.78. The van der Waals surface area contributed by atoms with Crippen LogP contribution in [0, 0.1) is 0 Å². The lowest BCUT2D eigenvalue weighted by Crippen LogP contribution is -2.32. The molecule has 0 saturated heterocycles. The van der Waals surface area contributed by atoms with Gasteiger partial charge in [0, 0.05) is 10.8 Å². The Morgan fingerprint density at radius 1 is 0.905 bits per heavy atom. The van der Waals surface area contributed by atoms with E-state index in [2.05, 4.69) is 30.9 Å². The van der Waals surface area contributed by atoms with Crippen molar-refractivity contribution in [3.05, 3.63) is 48.5 Å². The Morgan fingerprint density at radius 3 is 1.86 bits per heavy atom. The number of fused-ring (bicyclic) bond motifs is 3. The Bertz CT molecular complexity index is 731. The van der Waals surface area contributed by atoms with Crippen molar-refractivity contribution in [3.63, 3.8) is 0 Å². The number of aromatic nitrogens is 1. The van der Waals surface area contributed by atoms with Gasteiger partial charge in [-0.2, -0.15) is 0 Å². The van der Waals surface area contributed by atoms with E-state index in [0.29, 0.717) is 6.54 Å². The Labute approximate surface area is 124 Å². The molecule has 2 aromatic carbocycles. The van der Waals surface area contributed by atoms with Crippen LogP contribution in [0.4, 0.5) is 0 Å². The first-order valence-electron chi connectivity index (χ1n) is 7.50. The summed E-state index contributed by atoms with van der Waals surface area (Å²) in [6.07, 6.45) is 0. The molecule has 0 bridgehead atoms. The van der Waals surface area contributed by atoms with Crippen molar-refractivity contribution in [1.29, 1.82) is 0 Å². The second-order valence-corrected chi connectivity index (χ2v) is 5.22. The standard InChI is InChI=1S/C18H20N2O/c1-3-19(4-2)13-18(21)20-16-11-7-5-9-14(16)15-10-6-8-12-17(15)20/h5-12H,3-4,13H2,1-2H3. The van der Waals surface area contributed by atoms with Crippen LogP contribution in [0.1, 0.15) is 18.6 Å². The fourth-order valence-electron chi connectivity index (χ4n) is 2.90. The van der Waals surface area contributed by atoms with E-state index >= 15 is 0 Å². The van der Waals surface area contributed by atoms with Crippen LogP contribution >= 0.6 is 0 Å². The predicted molar refractivity (Wildman–Crippen MR) is 87.9 cm³/mol. The van der Waals surface area contributed by atoms with E-state index in [9.17, 15) is 4.79 Å². The maximum atomic E-state index is 12.8. The number of carbonyl (C=O) groups excluding carboxylic acids is 1. The fraction of sp³-hybridized carbons (Fsp3) is 0.278. The summed E-state index contributed by atoms with van der Waals surface area (Å²) in [6, 6.07) is 16.2. The van der Waals surface area contributed by atoms with E-state index in [4.69, 9.17) is 0 Å². The van der Waals surface area contributed by atoms with Gasteiger partial charge in [-0.3, -0.25) is 14.3 Å². The smallest absolute Gasteiger partial charge is 0.245 e. The maximum absolute atomic E-state index is 12.8. The van der Waals surface area contributed by atoms with Gasteiger partial charge in [0.25, 0.3) is 0 Å². The summed E-state index contributed by atoms with van der Waals surface area (Å²) in [6.45, 7) is 6.40. The lowest BCUT2D eigenvalue weighted by molar-refractivity contribution is 0.0865. The van der Waals surface area contributed by atoms with E-state index in [-0.39, 0.29) is 5.91 Å². The number of carbonyl (C=O) groups is 1. The third-order valence-electron chi connectivity index (χ3n) is 4.08. The highest BCUT2D eigenvalue weighted by Crippen LogP contribution is 2.28. The van der Waals surface area contributed by atoms with Crippen LogP contribution in [0.15, 0.2) is 48.5 Å². The molecule has 0 radical (unpaired) electrons. The number of hydrogen-bond donors (Lipinski definition) is 0. The van der Waals surface area contributed by atoms with Crippen molar-refractivity contribution in [1.82, 2.24) is 9.47 Å². The lowest BCUT2D eigenvalue weighted by Gasteiger charge is -2.17. The molecule has 0 aliphatic carbocycles. The molecule has 0 N–H and O–H groups in total. The first-order chi connectivity index (χ1) is 10.3. The molecule has 1 aromatic heterocycles. The monoisotopic (exact) mass is 280 g/mol. The van der Waals surface area contributed by atoms with E-state index < -0.39 is 0 Å². The minimum atomic E-state index is 0.135. The van der Waals surface area contributed by atoms with E-state index in [1.54, 1.807) is 0 Å². The van der Waals surface area contributed by atoms with Gasteiger partial charge in [0.1, 0.15) is 0 Å². The van der Waals surface area contributed by atoms with Crippen LogP contribution in [-0.2, 0) is 0 Å². The quantitative estimate of drug-likeness (QED) is 0.726. The van der Waals surface area contributed by atoms with Gasteiger partial charge < -0.3 is 0 Å². The largest absolute Gasteiger partial charge is 0.295 e. The van der Waals surface area contributed by atoms with Gasteiger partial charge in [0.05, 0.1) is 17.6 Å². The molecular formula is C18H20N2O. The Morgan fingerprint density at radius 2 is 1.38 bits per heavy atom. The van der Waals surface area contributed by atoms with Gasteiger partial charge in [0.2, 0.25) is 5.91 Å². The molecule has 3 nitrogen and oxygen atoms in total. The van der Waals surface area contributed by atoms with Crippen molar-refractivity contribution in [2.45, 2.75) is 13.8 Å². The molecule has 108 valence electrons. The molecule has 0 saturated carbocycles. The van der Waals surface area contributed by atoms with Gasteiger partial charge in [-0.05, 0) is 25.2 Å². The second-order valence-electron chi connectivity index (χ2n) is 5.22. The minimum absolute atomic E-state index is 0.135. The fourth-order valence-corrected chi connectivity index (χ4v) is 2.90. The van der Waals surface area contributed by atoms with E-state index in [0.717, 1.165) is 34.9 Å². The Hall–Kier alpha value is -2.13. The number of para-hydroxylation sites is 2. The van der Waals surface area contributed by atoms with Crippen LogP contribution < -0.4 is 0 Å². The summed E-state index contributed by atoms with van der Waals surface area (Å²) >= 11 is 0. The van der Waals surface area contributed by atoms with Gasteiger partial charge in [-0.15, -0.1) is 0 Å². The summed E-state index contributed by atoms with van der Waals surface area (Å²) < 4.78 is 1.86. The third kappa shape index (κ3) is 2.34. The number of likely N-dealkylation sites (N-methyl/N-ethyl adjacent to an activating group) is 1. The van der Waals surface area contributed by atoms with Crippen LogP contribution in [-0.4, -0.2) is 35.0 Å². The molecule has 1 heterocycles. The highest BCUT2D eigenvalue weighted by atomic mass is 16.2. The topological polar surface area (TPSA) is 25.2 Å². The van der Waals surface area contributed by atoms with Crippen LogP contribution in [0.25, 0.3) is 21.8 Å². The minimum Gasteiger partial charge on any atom is -0.295 e. The number of rotatable bonds is 4. The molecule has 3 heteroatoms. The zero-order chi connectivity index (χ0) is 14.8. The molecule has 0 amide bonds. The van der Waals surface area contributed by atoms with Crippen molar-refractivity contribution in [2.75, 3.05) is 19.6 Å². The SMILES string of the molecule is CCN(CC)CC(=O)n1c2ccccc2c2ccccc21. The summed E-state index contributed by atoms with van der Waals surface area (Å²) in [4.78, 5) is 14.9. The first kappa shape index (κ1) is 13.8. The number of hydrogen-bond acceptors (Lipinski definition) is 2. The average molecular weight is 280 g/mol. The van der Waals surface area contributed by atoms with Crippen molar-refractivity contribution in [3.8, 4) is 0 Å². The van der Waals surface area contributed by atoms with E-state index in [1.807, 2.05) is 41.0 Å². The molecule has 21 heavy (non-hydrogen) atoms. The van der Waals surface area contributed by atoms with Gasteiger partial charge >= 0.3 is 0 Å². The Kier molecular flexibility index (Phi) is 3.76. The van der Waals surface area contributed by atoms with Crippen molar-refractivity contribution < 1.29 is 4.79 Å². The molecule has 3 aromatic rings. The average Bonchev–Trinajstić information content (AvgIpc) is 2.87. The molecule has 3 rings (SSSR count). The molecule has 0 spiro atoms. The lowest BCUT2D eigenvalue weighted by atomic mass is 10.2. The molecule has 0 atom stereocenters. The van der Waals surface area contributed by atoms with Gasteiger partial charge in [-0.1, -0.05) is 50.2 Å². The van der Waals surface area contributed by atoms with Gasteiger partial charge in [0.15, 0.2) is 0 Å². The molecule has 0 aliphatic heterocycles. The van der Waals surface area contributed by atoms with Crippen LogP contribution in [0.3, 0.4) is 0 Å². The summed E-state index contributed by atoms with van der Waals surface area (Å²) in [5.74, 6) is 0.135. The third-order valence-corrected chi connectivity index (χ3v) is 4.08. The highest BCUT2D eigenvalue weighted by molar-refractivity contribution is 6.13. The summed E-state index contributed by atoms with van der Waals surface area (Å²) in [5.41, 5.74) is 1.99. The zero-order valence-electron chi connectivity index (χ0n) is 12.5. The van der Waals surface area contributed by atoms with Gasteiger partial charge in [-0.25, -0.2) is 0 Å². The maximum Gasteiger partial charge on any atom is 0.245 e. The highest BCUT2D eigenvalue weighted by Gasteiger charge is 2.16. The first-order valence-corrected chi connectivity index (χ1v) is 7.50. The number of nitrogens with zero attached hydrogens (tertiary/aromatic N) is 2. The van der Waals surface area contributed by atoms with E-state index in [1.165, 1.54) is 0 Å². The zero-order valence-corrected chi connectivity index (χ0v) is 12.5. The van der Waals surface area contributed by atoms with Crippen molar-refractivity contribution in [2.24, 2.45) is 0 Å². The van der Waals surface area contributed by atoms with Crippen LogP contribution in [0.5, 0.6) is 0 Å². The summed E-state index contributed by atoms with van der Waals surface area (Å²) in [7, 11) is 0. The second kappa shape index (κ2) is 5.70. The molecule has 0 fully saturated rings. The van der Waals surface area contributed by atoms with Crippen LogP contribution in [0.2, 0.25) is 0 Å². The normalized spacial score (nSPS) is 11.6. The molecule has 0 aliphatic rings.